The van der Waals surface area contributed by atoms with Crippen LogP contribution in [0.1, 0.15) is 16.0 Å². The van der Waals surface area contributed by atoms with Crippen LogP contribution in [0.5, 0.6) is 0 Å². The molecule has 1 saturated heterocycles. The molecule has 35 heavy (non-hydrogen) atoms. The summed E-state index contributed by atoms with van der Waals surface area (Å²) in [5, 5.41) is 9.60. The lowest BCUT2D eigenvalue weighted by atomic mass is 10.0. The molecule has 4 rings (SSSR count). The maximum absolute atomic E-state index is 13.8. The number of nitrogens with two attached hydrogens (primary N) is 1. The fraction of sp³-hybridized carbons (Fsp3) is 0.296. The standard InChI is InChI=1S/C27H30ClN4O2S/c28-21-9-6-20(7-10-21)8-11-27(34)32(16-14-30-15-17-32)25-5-1-4-24(23(25)19-26(29)33)31-13-12-22-3-2-18-35-22/h1-7,9-11,18,30-31H,8,12-17,19H2,(H-,29,33)/p+1. The molecule has 1 aliphatic rings. The first-order valence-electron chi connectivity index (χ1n) is 11.8. The SMILES string of the molecule is NC(=O)Cc1c(NCCc2cccs2)cccc1[N+]1(C(=O)[CH]Cc2ccc(Cl)cc2)CCNCC1. The summed E-state index contributed by atoms with van der Waals surface area (Å²) in [5.74, 6) is -0.382. The third kappa shape index (κ3) is 6.30. The van der Waals surface area contributed by atoms with Gasteiger partial charge in [-0.15, -0.1) is 11.3 Å². The van der Waals surface area contributed by atoms with E-state index in [2.05, 4.69) is 22.1 Å². The Morgan fingerprint density at radius 2 is 1.86 bits per heavy atom. The predicted octanol–water partition coefficient (Wildman–Crippen LogP) is 3.97. The molecule has 0 aliphatic carbocycles. The molecule has 8 heteroatoms. The lowest BCUT2D eigenvalue weighted by molar-refractivity contribution is -0.127. The van der Waals surface area contributed by atoms with Crippen molar-refractivity contribution in [1.82, 2.24) is 9.80 Å². The van der Waals surface area contributed by atoms with Crippen LogP contribution in [0.3, 0.4) is 0 Å². The largest absolute Gasteiger partial charge is 0.384 e. The first kappa shape index (κ1) is 25.4. The second kappa shape index (κ2) is 11.8. The topological polar surface area (TPSA) is 84.2 Å². The summed E-state index contributed by atoms with van der Waals surface area (Å²) in [5.41, 5.74) is 9.22. The maximum Gasteiger partial charge on any atom is 0.323 e. The zero-order valence-electron chi connectivity index (χ0n) is 19.6. The number of nitrogens with one attached hydrogen (secondary N) is 2. The molecular formula is C27H31ClN4O2S+. The van der Waals surface area contributed by atoms with Crippen molar-refractivity contribution in [3.63, 3.8) is 0 Å². The van der Waals surface area contributed by atoms with Crippen molar-refractivity contribution >= 4 is 46.1 Å². The third-order valence-corrected chi connectivity index (χ3v) is 7.61. The highest BCUT2D eigenvalue weighted by Gasteiger charge is 2.42. The minimum Gasteiger partial charge on any atom is -0.384 e. The van der Waals surface area contributed by atoms with Gasteiger partial charge >= 0.3 is 5.91 Å². The zero-order chi connectivity index (χ0) is 24.7. The molecule has 4 N–H and O–H groups in total. The first-order valence-corrected chi connectivity index (χ1v) is 13.1. The summed E-state index contributed by atoms with van der Waals surface area (Å²) in [7, 11) is 0. The Labute approximate surface area is 215 Å². The molecule has 3 aromatic rings. The average molecular weight is 511 g/mol. The number of piperazine rings is 1. The van der Waals surface area contributed by atoms with Crippen molar-refractivity contribution in [3.8, 4) is 0 Å². The molecule has 183 valence electrons. The van der Waals surface area contributed by atoms with Crippen molar-refractivity contribution in [3.05, 3.63) is 87.4 Å². The lowest BCUT2D eigenvalue weighted by Gasteiger charge is -2.40. The molecule has 2 aromatic carbocycles. The zero-order valence-corrected chi connectivity index (χ0v) is 21.2. The minimum atomic E-state index is -0.412. The van der Waals surface area contributed by atoms with E-state index in [9.17, 15) is 9.59 Å². The minimum absolute atomic E-state index is 0.0305. The van der Waals surface area contributed by atoms with E-state index >= 15 is 0 Å². The number of primary amides is 1. The van der Waals surface area contributed by atoms with Crippen LogP contribution in [0, 0.1) is 6.42 Å². The number of hydrogen-bond acceptors (Lipinski definition) is 5. The summed E-state index contributed by atoms with van der Waals surface area (Å²) < 4.78 is 0.170. The van der Waals surface area contributed by atoms with Crippen LogP contribution in [0.25, 0.3) is 0 Å². The number of nitrogens with zero attached hydrogens (tertiary/aromatic N) is 1. The Hall–Kier alpha value is -2.71. The number of anilines is 1. The molecule has 0 bridgehead atoms. The average Bonchev–Trinajstić information content (AvgIpc) is 3.38. The van der Waals surface area contributed by atoms with Crippen molar-refractivity contribution in [2.75, 3.05) is 38.0 Å². The van der Waals surface area contributed by atoms with Crippen molar-refractivity contribution in [2.24, 2.45) is 5.73 Å². The number of thiophene rings is 1. The van der Waals surface area contributed by atoms with E-state index in [0.29, 0.717) is 37.6 Å². The van der Waals surface area contributed by atoms with Gasteiger partial charge in [0, 0.05) is 46.9 Å². The molecule has 0 unspecified atom stereocenters. The van der Waals surface area contributed by atoms with Crippen LogP contribution < -0.4 is 20.9 Å². The molecule has 0 saturated carbocycles. The lowest BCUT2D eigenvalue weighted by Crippen LogP contribution is -2.63. The highest BCUT2D eigenvalue weighted by Crippen LogP contribution is 2.35. The van der Waals surface area contributed by atoms with Crippen LogP contribution in [0.15, 0.2) is 60.0 Å². The quantitative estimate of drug-likeness (QED) is 0.360. The van der Waals surface area contributed by atoms with Crippen molar-refractivity contribution < 1.29 is 9.59 Å². The first-order chi connectivity index (χ1) is 17.0. The van der Waals surface area contributed by atoms with Gasteiger partial charge in [-0.1, -0.05) is 35.9 Å². The van der Waals surface area contributed by atoms with Gasteiger partial charge < -0.3 is 16.4 Å². The van der Waals surface area contributed by atoms with E-state index in [1.807, 2.05) is 48.5 Å². The Morgan fingerprint density at radius 3 is 2.54 bits per heavy atom. The maximum atomic E-state index is 13.8. The van der Waals surface area contributed by atoms with Gasteiger partial charge in [0.2, 0.25) is 5.91 Å². The van der Waals surface area contributed by atoms with Crippen molar-refractivity contribution in [1.29, 1.82) is 0 Å². The molecule has 1 fully saturated rings. The molecule has 1 aliphatic heterocycles. The van der Waals surface area contributed by atoms with E-state index in [4.69, 9.17) is 17.3 Å². The van der Waals surface area contributed by atoms with Gasteiger partial charge in [0.05, 0.1) is 12.8 Å². The van der Waals surface area contributed by atoms with Crippen LogP contribution in [0.2, 0.25) is 5.02 Å². The number of quaternary nitrogens is 1. The van der Waals surface area contributed by atoms with E-state index in [1.54, 1.807) is 17.8 Å². The summed E-state index contributed by atoms with van der Waals surface area (Å²) in [4.78, 5) is 27.2. The smallest absolute Gasteiger partial charge is 0.323 e. The van der Waals surface area contributed by atoms with Gasteiger partial charge in [-0.2, -0.15) is 0 Å². The van der Waals surface area contributed by atoms with Gasteiger partial charge in [-0.25, -0.2) is 9.28 Å². The van der Waals surface area contributed by atoms with E-state index in [0.717, 1.165) is 35.5 Å². The highest BCUT2D eigenvalue weighted by molar-refractivity contribution is 7.09. The number of carbonyl (C=O) groups is 2. The van der Waals surface area contributed by atoms with E-state index < -0.39 is 5.91 Å². The predicted molar refractivity (Wildman–Crippen MR) is 145 cm³/mol. The molecule has 0 spiro atoms. The van der Waals surface area contributed by atoms with Crippen LogP contribution in [-0.2, 0) is 28.9 Å². The summed E-state index contributed by atoms with van der Waals surface area (Å²) in [6.07, 6.45) is 3.25. The Bertz CT molecular complexity index is 1140. The second-order valence-corrected chi connectivity index (χ2v) is 10.2. The van der Waals surface area contributed by atoms with Crippen LogP contribution >= 0.6 is 22.9 Å². The number of benzene rings is 2. The highest BCUT2D eigenvalue weighted by atomic mass is 35.5. The molecule has 0 atom stereocenters. The van der Waals surface area contributed by atoms with Gasteiger partial charge in [-0.05, 0) is 48.1 Å². The monoisotopic (exact) mass is 510 g/mol. The van der Waals surface area contributed by atoms with Gasteiger partial charge in [-0.3, -0.25) is 4.79 Å². The molecule has 1 radical (unpaired) electrons. The summed E-state index contributed by atoms with van der Waals surface area (Å²) in [6.45, 7) is 3.38. The Morgan fingerprint density at radius 1 is 1.09 bits per heavy atom. The van der Waals surface area contributed by atoms with Gasteiger partial charge in [0.25, 0.3) is 0 Å². The molecule has 2 amide bonds. The van der Waals surface area contributed by atoms with Gasteiger partial charge in [0.1, 0.15) is 18.8 Å². The van der Waals surface area contributed by atoms with E-state index in [-0.39, 0.29) is 16.8 Å². The fourth-order valence-corrected chi connectivity index (χ4v) is 5.47. The Balaban J connectivity index is 1.62. The van der Waals surface area contributed by atoms with Crippen molar-refractivity contribution in [2.45, 2.75) is 19.3 Å². The van der Waals surface area contributed by atoms with E-state index in [1.165, 1.54) is 4.88 Å². The third-order valence-electron chi connectivity index (χ3n) is 6.42. The number of halogens is 1. The summed E-state index contributed by atoms with van der Waals surface area (Å²) >= 11 is 7.73. The normalized spacial score (nSPS) is 15.0. The molecule has 2 heterocycles. The number of amides is 2. The van der Waals surface area contributed by atoms with Crippen LogP contribution in [0.4, 0.5) is 11.4 Å². The fourth-order valence-electron chi connectivity index (χ4n) is 4.63. The number of rotatable bonds is 10. The number of carbonyl (C=O) groups excluding carboxylic acids is 2. The van der Waals surface area contributed by atoms with Gasteiger partial charge in [0.15, 0.2) is 0 Å². The second-order valence-electron chi connectivity index (χ2n) is 8.74. The molecule has 6 nitrogen and oxygen atoms in total. The summed E-state index contributed by atoms with van der Waals surface area (Å²) in [6, 6.07) is 17.6. The Kier molecular flexibility index (Phi) is 8.57. The van der Waals surface area contributed by atoms with Crippen LogP contribution in [-0.4, -0.2) is 44.5 Å². The molecule has 1 aromatic heterocycles. The molecular weight excluding hydrogens is 480 g/mol. The number of hydrogen-bond donors (Lipinski definition) is 3.